The van der Waals surface area contributed by atoms with Crippen molar-refractivity contribution in [2.24, 2.45) is 0 Å². The normalized spacial score (nSPS) is 9.27. The van der Waals surface area contributed by atoms with E-state index >= 15 is 0 Å². The maximum atomic E-state index is 10.7. The number of anilines is 1. The number of nitrogens with one attached hydrogen (secondary N) is 2. The molecule has 11 heavy (non-hydrogen) atoms. The van der Waals surface area contributed by atoms with Crippen molar-refractivity contribution in [1.29, 1.82) is 0 Å². The number of carbonyl (C=O) groups is 1. The second kappa shape index (κ2) is 3.05. The number of oxazole rings is 1. The van der Waals surface area contributed by atoms with E-state index in [0.717, 1.165) is 0 Å². The second-order valence-corrected chi connectivity index (χ2v) is 1.96. The van der Waals surface area contributed by atoms with E-state index in [-0.39, 0.29) is 6.03 Å². The van der Waals surface area contributed by atoms with Gasteiger partial charge in [0.2, 0.25) is 0 Å². The summed E-state index contributed by atoms with van der Waals surface area (Å²) >= 11 is 0. The van der Waals surface area contributed by atoms with Crippen LogP contribution in [-0.4, -0.2) is 18.1 Å². The molecule has 0 spiro atoms. The Morgan fingerprint density at radius 2 is 2.45 bits per heavy atom. The highest BCUT2D eigenvalue weighted by Crippen LogP contribution is 2.04. The minimum atomic E-state index is -0.307. The monoisotopic (exact) mass is 155 g/mol. The molecule has 0 fully saturated rings. The number of aryl methyl sites for hydroxylation is 1. The largest absolute Gasteiger partial charge is 0.447 e. The van der Waals surface area contributed by atoms with Crippen LogP contribution in [0.3, 0.4) is 0 Å². The minimum Gasteiger partial charge on any atom is -0.447 e. The van der Waals surface area contributed by atoms with Gasteiger partial charge in [-0.15, -0.1) is 0 Å². The van der Waals surface area contributed by atoms with Crippen molar-refractivity contribution in [3.05, 3.63) is 12.2 Å². The standard InChI is InChI=1S/C6H9N3O2/c1-4-8-5(3-11-4)9-6(10)7-2/h3H,1-2H3,(H2,7,9,10). The van der Waals surface area contributed by atoms with Gasteiger partial charge in [0.15, 0.2) is 11.7 Å². The van der Waals surface area contributed by atoms with Crippen molar-refractivity contribution < 1.29 is 9.21 Å². The van der Waals surface area contributed by atoms with Crippen LogP contribution in [0, 0.1) is 6.92 Å². The number of hydrogen-bond donors (Lipinski definition) is 2. The molecule has 5 heteroatoms. The van der Waals surface area contributed by atoms with Gasteiger partial charge in [0, 0.05) is 14.0 Å². The first kappa shape index (κ1) is 7.59. The van der Waals surface area contributed by atoms with Gasteiger partial charge >= 0.3 is 6.03 Å². The molecule has 0 bridgehead atoms. The van der Waals surface area contributed by atoms with Crippen molar-refractivity contribution in [3.8, 4) is 0 Å². The average molecular weight is 155 g/mol. The molecule has 0 aliphatic heterocycles. The third-order valence-corrected chi connectivity index (χ3v) is 1.09. The molecule has 0 atom stereocenters. The summed E-state index contributed by atoms with van der Waals surface area (Å²) in [5.41, 5.74) is 0. The quantitative estimate of drug-likeness (QED) is 0.628. The number of hydrogen-bond acceptors (Lipinski definition) is 3. The van der Waals surface area contributed by atoms with E-state index in [2.05, 4.69) is 15.6 Å². The van der Waals surface area contributed by atoms with Crippen LogP contribution in [0.2, 0.25) is 0 Å². The highest BCUT2D eigenvalue weighted by atomic mass is 16.3. The van der Waals surface area contributed by atoms with Gasteiger partial charge in [-0.25, -0.2) is 4.79 Å². The molecule has 2 N–H and O–H groups in total. The van der Waals surface area contributed by atoms with Crippen LogP contribution in [-0.2, 0) is 0 Å². The Morgan fingerprint density at radius 3 is 2.91 bits per heavy atom. The number of aromatic nitrogens is 1. The van der Waals surface area contributed by atoms with Gasteiger partial charge in [0.1, 0.15) is 6.26 Å². The third-order valence-electron chi connectivity index (χ3n) is 1.09. The Bertz CT molecular complexity index is 256. The summed E-state index contributed by atoms with van der Waals surface area (Å²) in [6.45, 7) is 1.70. The lowest BCUT2D eigenvalue weighted by atomic mass is 10.7. The molecule has 2 amide bonds. The number of urea groups is 1. The highest BCUT2D eigenvalue weighted by molar-refractivity contribution is 5.87. The van der Waals surface area contributed by atoms with E-state index in [4.69, 9.17) is 4.42 Å². The summed E-state index contributed by atoms with van der Waals surface area (Å²) in [7, 11) is 1.53. The minimum absolute atomic E-state index is 0.307. The lowest BCUT2D eigenvalue weighted by Gasteiger charge is -1.96. The van der Waals surface area contributed by atoms with Crippen LogP contribution in [0.4, 0.5) is 10.6 Å². The van der Waals surface area contributed by atoms with E-state index in [0.29, 0.717) is 11.7 Å². The number of rotatable bonds is 1. The number of nitrogens with zero attached hydrogens (tertiary/aromatic N) is 1. The summed E-state index contributed by atoms with van der Waals surface area (Å²) in [4.78, 5) is 14.5. The molecular formula is C6H9N3O2. The molecule has 0 saturated heterocycles. The Hall–Kier alpha value is -1.52. The first-order valence-corrected chi connectivity index (χ1v) is 3.13. The van der Waals surface area contributed by atoms with Crippen molar-refractivity contribution in [3.63, 3.8) is 0 Å². The van der Waals surface area contributed by atoms with E-state index < -0.39 is 0 Å². The van der Waals surface area contributed by atoms with Crippen molar-refractivity contribution in [2.45, 2.75) is 6.92 Å². The molecule has 1 rings (SSSR count). The van der Waals surface area contributed by atoms with Crippen molar-refractivity contribution in [2.75, 3.05) is 12.4 Å². The zero-order valence-electron chi connectivity index (χ0n) is 6.34. The summed E-state index contributed by atoms with van der Waals surface area (Å²) < 4.78 is 4.86. The summed E-state index contributed by atoms with van der Waals surface area (Å²) in [6, 6.07) is -0.307. The van der Waals surface area contributed by atoms with Gasteiger partial charge in [0.05, 0.1) is 0 Å². The van der Waals surface area contributed by atoms with Crippen molar-refractivity contribution in [1.82, 2.24) is 10.3 Å². The van der Waals surface area contributed by atoms with Gasteiger partial charge in [0.25, 0.3) is 0 Å². The zero-order valence-corrected chi connectivity index (χ0v) is 6.34. The van der Waals surface area contributed by atoms with Gasteiger partial charge in [-0.2, -0.15) is 4.98 Å². The van der Waals surface area contributed by atoms with Crippen LogP contribution in [0.1, 0.15) is 5.89 Å². The van der Waals surface area contributed by atoms with Crippen molar-refractivity contribution >= 4 is 11.8 Å². The molecule has 0 aliphatic carbocycles. The molecule has 1 aromatic heterocycles. The Balaban J connectivity index is 2.57. The Morgan fingerprint density at radius 1 is 1.73 bits per heavy atom. The van der Waals surface area contributed by atoms with Gasteiger partial charge in [-0.1, -0.05) is 0 Å². The predicted octanol–water partition coefficient (Wildman–Crippen LogP) is 0.734. The van der Waals surface area contributed by atoms with Crippen LogP contribution in [0.15, 0.2) is 10.7 Å². The molecule has 0 aliphatic rings. The van der Waals surface area contributed by atoms with Gasteiger partial charge in [-0.3, -0.25) is 5.32 Å². The first-order chi connectivity index (χ1) is 5.22. The Kier molecular flexibility index (Phi) is 2.10. The molecule has 5 nitrogen and oxygen atoms in total. The molecular weight excluding hydrogens is 146 g/mol. The van der Waals surface area contributed by atoms with Crippen LogP contribution in [0.25, 0.3) is 0 Å². The molecule has 0 saturated carbocycles. The summed E-state index contributed by atoms with van der Waals surface area (Å²) in [5.74, 6) is 0.943. The maximum absolute atomic E-state index is 10.7. The van der Waals surface area contributed by atoms with E-state index in [1.165, 1.54) is 13.3 Å². The topological polar surface area (TPSA) is 67.2 Å². The average Bonchev–Trinajstić information content (AvgIpc) is 2.35. The van der Waals surface area contributed by atoms with Gasteiger partial charge in [-0.05, 0) is 0 Å². The van der Waals surface area contributed by atoms with Crippen LogP contribution in [0.5, 0.6) is 0 Å². The van der Waals surface area contributed by atoms with Crippen LogP contribution >= 0.6 is 0 Å². The lowest BCUT2D eigenvalue weighted by molar-refractivity contribution is 0.254. The fourth-order valence-corrected chi connectivity index (χ4v) is 0.600. The zero-order chi connectivity index (χ0) is 8.27. The first-order valence-electron chi connectivity index (χ1n) is 3.13. The predicted molar refractivity (Wildman–Crippen MR) is 39.3 cm³/mol. The number of carbonyl (C=O) groups excluding carboxylic acids is 1. The third kappa shape index (κ3) is 1.96. The molecule has 0 unspecified atom stereocenters. The Labute approximate surface area is 63.8 Å². The second-order valence-electron chi connectivity index (χ2n) is 1.96. The molecule has 1 aromatic rings. The number of amides is 2. The molecule has 0 radical (unpaired) electrons. The van der Waals surface area contributed by atoms with E-state index in [1.54, 1.807) is 6.92 Å². The fraction of sp³-hybridized carbons (Fsp3) is 0.333. The fourth-order valence-electron chi connectivity index (χ4n) is 0.600. The highest BCUT2D eigenvalue weighted by Gasteiger charge is 2.01. The summed E-state index contributed by atoms with van der Waals surface area (Å²) in [5, 5.41) is 4.85. The molecule has 0 aromatic carbocycles. The van der Waals surface area contributed by atoms with E-state index in [9.17, 15) is 4.79 Å². The molecule has 1 heterocycles. The maximum Gasteiger partial charge on any atom is 0.320 e. The smallest absolute Gasteiger partial charge is 0.320 e. The molecule has 60 valence electrons. The summed E-state index contributed by atoms with van der Waals surface area (Å²) in [6.07, 6.45) is 1.38. The SMILES string of the molecule is CNC(=O)Nc1coc(C)n1. The lowest BCUT2D eigenvalue weighted by Crippen LogP contribution is -2.24. The van der Waals surface area contributed by atoms with Crippen LogP contribution < -0.4 is 10.6 Å². The van der Waals surface area contributed by atoms with Gasteiger partial charge < -0.3 is 9.73 Å². The van der Waals surface area contributed by atoms with E-state index in [1.807, 2.05) is 0 Å².